The van der Waals surface area contributed by atoms with Gasteiger partial charge in [-0.2, -0.15) is 0 Å². The van der Waals surface area contributed by atoms with Gasteiger partial charge in [0.2, 0.25) is 5.91 Å². The zero-order chi connectivity index (χ0) is 15.1. The molecule has 0 atom stereocenters. The zero-order valence-corrected chi connectivity index (χ0v) is 13.3. The van der Waals surface area contributed by atoms with E-state index in [9.17, 15) is 9.90 Å². The van der Waals surface area contributed by atoms with E-state index < -0.39 is 5.60 Å². The Morgan fingerprint density at radius 1 is 1.52 bits per heavy atom. The highest BCUT2D eigenvalue weighted by molar-refractivity contribution is 7.09. The van der Waals surface area contributed by atoms with Crippen molar-refractivity contribution in [2.45, 2.75) is 24.9 Å². The minimum Gasteiger partial charge on any atom is -0.388 e. The Labute approximate surface area is 129 Å². The van der Waals surface area contributed by atoms with Crippen LogP contribution in [0.2, 0.25) is 0 Å². The molecule has 0 spiro atoms. The second-order valence-corrected chi connectivity index (χ2v) is 6.72. The minimum atomic E-state index is -0.718. The number of amides is 1. The molecule has 1 aliphatic rings. The number of nitrogens with one attached hydrogen (secondary N) is 1. The molecular formula is C15H24N2O3S. The van der Waals surface area contributed by atoms with Crippen molar-refractivity contribution < 1.29 is 14.6 Å². The Hall–Kier alpha value is -0.950. The number of nitrogens with zero attached hydrogens (tertiary/aromatic N) is 1. The lowest BCUT2D eigenvalue weighted by Crippen LogP contribution is -2.48. The highest BCUT2D eigenvalue weighted by Crippen LogP contribution is 2.21. The Morgan fingerprint density at radius 3 is 2.95 bits per heavy atom. The normalized spacial score (nSPS) is 17.9. The largest absolute Gasteiger partial charge is 0.388 e. The highest BCUT2D eigenvalue weighted by atomic mass is 32.1. The van der Waals surface area contributed by atoms with Crippen molar-refractivity contribution in [2.24, 2.45) is 0 Å². The zero-order valence-electron chi connectivity index (χ0n) is 12.5. The SMILES string of the molecule is CN(CC(=O)NCCc1cccs1)CC1(O)CCOCC1. The number of thiophene rings is 1. The van der Waals surface area contributed by atoms with E-state index in [-0.39, 0.29) is 5.91 Å². The van der Waals surface area contributed by atoms with Crippen molar-refractivity contribution in [3.8, 4) is 0 Å². The van der Waals surface area contributed by atoms with E-state index in [1.807, 2.05) is 23.4 Å². The Balaban J connectivity index is 1.64. The number of carbonyl (C=O) groups excluding carboxylic acids is 1. The maximum atomic E-state index is 11.9. The molecule has 0 aliphatic carbocycles. The first-order valence-electron chi connectivity index (χ1n) is 7.35. The van der Waals surface area contributed by atoms with Gasteiger partial charge < -0.3 is 15.2 Å². The van der Waals surface area contributed by atoms with Crippen molar-refractivity contribution in [3.63, 3.8) is 0 Å². The molecule has 0 aromatic carbocycles. The summed E-state index contributed by atoms with van der Waals surface area (Å²) in [6.07, 6.45) is 2.14. The number of hydrogen-bond donors (Lipinski definition) is 2. The number of carbonyl (C=O) groups is 1. The average Bonchev–Trinajstić information content (AvgIpc) is 2.91. The van der Waals surface area contributed by atoms with E-state index in [4.69, 9.17) is 4.74 Å². The van der Waals surface area contributed by atoms with Gasteiger partial charge in [0, 0.05) is 44.0 Å². The molecule has 2 N–H and O–H groups in total. The molecule has 0 saturated carbocycles. The summed E-state index contributed by atoms with van der Waals surface area (Å²) >= 11 is 1.70. The molecule has 1 aromatic heterocycles. The summed E-state index contributed by atoms with van der Waals surface area (Å²) in [6.45, 7) is 2.67. The molecule has 0 unspecified atom stereocenters. The fourth-order valence-electron chi connectivity index (χ4n) is 2.55. The van der Waals surface area contributed by atoms with E-state index in [0.29, 0.717) is 45.7 Å². The van der Waals surface area contributed by atoms with Crippen LogP contribution in [-0.4, -0.2) is 61.4 Å². The molecular weight excluding hydrogens is 288 g/mol. The van der Waals surface area contributed by atoms with Crippen molar-refractivity contribution in [3.05, 3.63) is 22.4 Å². The van der Waals surface area contributed by atoms with Gasteiger partial charge in [-0.3, -0.25) is 9.69 Å². The van der Waals surface area contributed by atoms with Crippen molar-refractivity contribution in [1.29, 1.82) is 0 Å². The summed E-state index contributed by atoms with van der Waals surface area (Å²) in [5.41, 5.74) is -0.718. The lowest BCUT2D eigenvalue weighted by atomic mass is 9.94. The summed E-state index contributed by atoms with van der Waals surface area (Å²) in [4.78, 5) is 15.0. The molecule has 2 rings (SSSR count). The van der Waals surface area contributed by atoms with Crippen molar-refractivity contribution in [2.75, 3.05) is 39.9 Å². The minimum absolute atomic E-state index is 0.00437. The smallest absolute Gasteiger partial charge is 0.234 e. The van der Waals surface area contributed by atoms with Gasteiger partial charge in [0.25, 0.3) is 0 Å². The maximum absolute atomic E-state index is 11.9. The third-order valence-corrected chi connectivity index (χ3v) is 4.61. The Morgan fingerprint density at radius 2 is 2.29 bits per heavy atom. The quantitative estimate of drug-likeness (QED) is 0.785. The van der Waals surface area contributed by atoms with Crippen LogP contribution >= 0.6 is 11.3 Å². The number of hydrogen-bond acceptors (Lipinski definition) is 5. The van der Waals surface area contributed by atoms with Gasteiger partial charge >= 0.3 is 0 Å². The molecule has 0 radical (unpaired) electrons. The molecule has 0 bridgehead atoms. The van der Waals surface area contributed by atoms with E-state index in [1.165, 1.54) is 4.88 Å². The second-order valence-electron chi connectivity index (χ2n) is 5.69. The molecule has 1 aliphatic heterocycles. The topological polar surface area (TPSA) is 61.8 Å². The van der Waals surface area contributed by atoms with Crippen LogP contribution in [0.1, 0.15) is 17.7 Å². The number of aliphatic hydroxyl groups is 1. The van der Waals surface area contributed by atoms with E-state index in [0.717, 1.165) is 6.42 Å². The van der Waals surface area contributed by atoms with Crippen molar-refractivity contribution in [1.82, 2.24) is 10.2 Å². The second kappa shape index (κ2) is 7.89. The molecule has 1 fully saturated rings. The van der Waals surface area contributed by atoms with Crippen LogP contribution in [0.25, 0.3) is 0 Å². The fourth-order valence-corrected chi connectivity index (χ4v) is 3.26. The number of likely N-dealkylation sites (N-methyl/N-ethyl adjacent to an activating group) is 1. The van der Waals surface area contributed by atoms with Crippen LogP contribution in [0.15, 0.2) is 17.5 Å². The van der Waals surface area contributed by atoms with Gasteiger partial charge in [-0.25, -0.2) is 0 Å². The first kappa shape index (κ1) is 16.4. The van der Waals surface area contributed by atoms with Crippen LogP contribution in [0.5, 0.6) is 0 Å². The third-order valence-electron chi connectivity index (χ3n) is 3.67. The monoisotopic (exact) mass is 312 g/mol. The van der Waals surface area contributed by atoms with Crippen LogP contribution < -0.4 is 5.32 Å². The average molecular weight is 312 g/mol. The molecule has 6 heteroatoms. The predicted octanol–water partition coefficient (Wildman–Crippen LogP) is 0.880. The summed E-state index contributed by atoms with van der Waals surface area (Å²) in [5, 5.41) is 15.4. The molecule has 1 amide bonds. The van der Waals surface area contributed by atoms with Gasteiger partial charge in [0.15, 0.2) is 0 Å². The van der Waals surface area contributed by atoms with Crippen LogP contribution in [0.3, 0.4) is 0 Å². The Kier molecular flexibility index (Phi) is 6.17. The van der Waals surface area contributed by atoms with Gasteiger partial charge in [-0.05, 0) is 24.9 Å². The first-order valence-corrected chi connectivity index (χ1v) is 8.23. The van der Waals surface area contributed by atoms with Gasteiger partial charge in [-0.1, -0.05) is 6.07 Å². The highest BCUT2D eigenvalue weighted by Gasteiger charge is 2.31. The van der Waals surface area contributed by atoms with Crippen LogP contribution in [0.4, 0.5) is 0 Å². The van der Waals surface area contributed by atoms with Crippen LogP contribution in [0, 0.1) is 0 Å². The van der Waals surface area contributed by atoms with E-state index in [2.05, 4.69) is 11.4 Å². The third kappa shape index (κ3) is 5.74. The standard InChI is InChI=1S/C15H24N2O3S/c1-17(12-15(19)5-8-20-9-6-15)11-14(18)16-7-4-13-3-2-10-21-13/h2-3,10,19H,4-9,11-12H2,1H3,(H,16,18). The molecule has 1 aromatic rings. The first-order chi connectivity index (χ1) is 10.1. The number of rotatable bonds is 7. The summed E-state index contributed by atoms with van der Waals surface area (Å²) in [5.74, 6) is 0.00437. The molecule has 21 heavy (non-hydrogen) atoms. The predicted molar refractivity (Wildman–Crippen MR) is 83.5 cm³/mol. The lowest BCUT2D eigenvalue weighted by Gasteiger charge is -2.35. The molecule has 118 valence electrons. The molecule has 5 nitrogen and oxygen atoms in total. The summed E-state index contributed by atoms with van der Waals surface area (Å²) < 4.78 is 5.26. The van der Waals surface area contributed by atoms with E-state index in [1.54, 1.807) is 11.3 Å². The lowest BCUT2D eigenvalue weighted by molar-refractivity contribution is -0.123. The van der Waals surface area contributed by atoms with E-state index >= 15 is 0 Å². The van der Waals surface area contributed by atoms with Crippen molar-refractivity contribution >= 4 is 17.2 Å². The summed E-state index contributed by atoms with van der Waals surface area (Å²) in [7, 11) is 1.87. The van der Waals surface area contributed by atoms with Gasteiger partial charge in [0.1, 0.15) is 0 Å². The summed E-state index contributed by atoms with van der Waals surface area (Å²) in [6, 6.07) is 4.09. The van der Waals surface area contributed by atoms with Gasteiger partial charge in [0.05, 0.1) is 12.1 Å². The fraction of sp³-hybridized carbons (Fsp3) is 0.667. The van der Waals surface area contributed by atoms with Gasteiger partial charge in [-0.15, -0.1) is 11.3 Å². The maximum Gasteiger partial charge on any atom is 0.234 e. The number of ether oxygens (including phenoxy) is 1. The van der Waals surface area contributed by atoms with Crippen LogP contribution in [-0.2, 0) is 16.0 Å². The molecule has 1 saturated heterocycles. The Bertz CT molecular complexity index is 430. The molecule has 2 heterocycles.